The van der Waals surface area contributed by atoms with E-state index < -0.39 is 17.2 Å². The van der Waals surface area contributed by atoms with Gasteiger partial charge in [0.25, 0.3) is 0 Å². The highest BCUT2D eigenvalue weighted by Gasteiger charge is 2.30. The number of anilines is 1. The van der Waals surface area contributed by atoms with E-state index in [1.165, 1.54) is 12.3 Å². The lowest BCUT2D eigenvalue weighted by atomic mass is 10.1. The Morgan fingerprint density at radius 3 is 2.52 bits per heavy atom. The van der Waals surface area contributed by atoms with E-state index in [1.807, 2.05) is 9.47 Å². The number of nitrogens with zero attached hydrogens (tertiary/aromatic N) is 3. The van der Waals surface area contributed by atoms with E-state index >= 15 is 4.39 Å². The minimum absolute atomic E-state index is 0.113. The number of fused-ring (bicyclic) bond motifs is 1. The van der Waals surface area contributed by atoms with Gasteiger partial charge in [-0.1, -0.05) is 6.92 Å². The van der Waals surface area contributed by atoms with Crippen molar-refractivity contribution in [1.82, 2.24) is 9.47 Å². The lowest BCUT2D eigenvalue weighted by Gasteiger charge is -2.36. The fourth-order valence-corrected chi connectivity index (χ4v) is 4.66. The molecule has 0 bridgehead atoms. The average molecular weight is 438 g/mol. The van der Waals surface area contributed by atoms with Crippen molar-refractivity contribution < 1.29 is 14.3 Å². The zero-order valence-corrected chi connectivity index (χ0v) is 16.6. The number of carboxylic acids is 1. The normalized spacial score (nSPS) is 18.3. The number of likely N-dealkylation sites (N-methyl/N-ethyl adjacent to an activating group) is 1. The van der Waals surface area contributed by atoms with Crippen LogP contribution < -0.4 is 10.3 Å². The van der Waals surface area contributed by atoms with Gasteiger partial charge in [0.05, 0.1) is 21.1 Å². The van der Waals surface area contributed by atoms with Crippen LogP contribution in [-0.2, 0) is 0 Å². The van der Waals surface area contributed by atoms with Gasteiger partial charge in [-0.3, -0.25) is 4.79 Å². The molecule has 0 atom stereocenters. The number of benzene rings is 1. The predicted octanol–water partition coefficient (Wildman–Crippen LogP) is 3.08. The fraction of sp³-hybridized carbons (Fsp3) is 0.474. The number of aromatic nitrogens is 1. The van der Waals surface area contributed by atoms with Crippen LogP contribution in [0.5, 0.6) is 0 Å². The van der Waals surface area contributed by atoms with E-state index in [1.54, 1.807) is 0 Å². The van der Waals surface area contributed by atoms with Crippen LogP contribution in [0.3, 0.4) is 0 Å². The number of hydrogen-bond donors (Lipinski definition) is 1. The molecule has 2 heterocycles. The highest BCUT2D eigenvalue weighted by atomic mass is 79.9. The molecule has 2 aromatic rings. The van der Waals surface area contributed by atoms with Crippen molar-refractivity contribution in [3.05, 3.63) is 38.3 Å². The summed E-state index contributed by atoms with van der Waals surface area (Å²) in [6.07, 6.45) is 3.25. The molecule has 144 valence electrons. The Labute approximate surface area is 164 Å². The van der Waals surface area contributed by atoms with Crippen LogP contribution in [0.2, 0.25) is 0 Å². The molecule has 6 nitrogen and oxygen atoms in total. The first-order valence-electron chi connectivity index (χ1n) is 9.19. The second kappa shape index (κ2) is 6.91. The zero-order chi connectivity index (χ0) is 19.3. The minimum atomic E-state index is -1.28. The van der Waals surface area contributed by atoms with Gasteiger partial charge in [-0.25, -0.2) is 9.18 Å². The van der Waals surface area contributed by atoms with Gasteiger partial charge < -0.3 is 19.5 Å². The van der Waals surface area contributed by atoms with Crippen molar-refractivity contribution in [2.45, 2.75) is 25.8 Å². The molecule has 0 unspecified atom stereocenters. The number of hydrogen-bond acceptors (Lipinski definition) is 4. The number of aromatic carboxylic acids is 1. The Hall–Kier alpha value is -1.93. The summed E-state index contributed by atoms with van der Waals surface area (Å²) in [4.78, 5) is 28.4. The van der Waals surface area contributed by atoms with E-state index in [0.717, 1.165) is 32.5 Å². The number of rotatable bonds is 4. The van der Waals surface area contributed by atoms with Crippen LogP contribution in [0.1, 0.15) is 36.2 Å². The van der Waals surface area contributed by atoms with Crippen LogP contribution in [0.4, 0.5) is 10.1 Å². The van der Waals surface area contributed by atoms with Crippen molar-refractivity contribution in [2.24, 2.45) is 0 Å². The van der Waals surface area contributed by atoms with Gasteiger partial charge in [0.15, 0.2) is 0 Å². The van der Waals surface area contributed by atoms with Crippen LogP contribution in [-0.4, -0.2) is 53.3 Å². The van der Waals surface area contributed by atoms with Crippen molar-refractivity contribution in [2.75, 3.05) is 37.6 Å². The second-order valence-electron chi connectivity index (χ2n) is 7.15. The Bertz CT molecular complexity index is 979. The van der Waals surface area contributed by atoms with Crippen molar-refractivity contribution in [3.8, 4) is 0 Å². The summed E-state index contributed by atoms with van der Waals surface area (Å²) in [6, 6.07) is 1.35. The van der Waals surface area contributed by atoms with Crippen LogP contribution in [0.15, 0.2) is 21.5 Å². The van der Waals surface area contributed by atoms with Gasteiger partial charge in [-0.05, 0) is 41.4 Å². The summed E-state index contributed by atoms with van der Waals surface area (Å²) in [5.41, 5.74) is 0.0818. The highest BCUT2D eigenvalue weighted by Crippen LogP contribution is 2.42. The predicted molar refractivity (Wildman–Crippen MR) is 105 cm³/mol. The zero-order valence-electron chi connectivity index (χ0n) is 15.0. The summed E-state index contributed by atoms with van der Waals surface area (Å²) in [5.74, 6) is -1.78. The first kappa shape index (κ1) is 18.4. The van der Waals surface area contributed by atoms with Gasteiger partial charge >= 0.3 is 5.97 Å². The topological polar surface area (TPSA) is 65.8 Å². The van der Waals surface area contributed by atoms with E-state index in [-0.39, 0.29) is 17.0 Å². The lowest BCUT2D eigenvalue weighted by molar-refractivity contribution is 0.0695. The summed E-state index contributed by atoms with van der Waals surface area (Å²) >= 11 is 3.54. The molecule has 1 aromatic heterocycles. The molecular formula is C19H21BrFN3O3. The Kier molecular flexibility index (Phi) is 4.71. The van der Waals surface area contributed by atoms with Gasteiger partial charge in [-0.2, -0.15) is 0 Å². The first-order valence-corrected chi connectivity index (χ1v) is 9.99. The third-order valence-corrected chi connectivity index (χ3v) is 6.24. The molecule has 0 radical (unpaired) electrons. The van der Waals surface area contributed by atoms with Crippen molar-refractivity contribution in [1.29, 1.82) is 0 Å². The smallest absolute Gasteiger partial charge is 0.341 e. The van der Waals surface area contributed by atoms with Gasteiger partial charge in [0.2, 0.25) is 5.43 Å². The van der Waals surface area contributed by atoms with Crippen molar-refractivity contribution >= 4 is 38.5 Å². The maximum Gasteiger partial charge on any atom is 0.341 e. The summed E-state index contributed by atoms with van der Waals surface area (Å²) in [6.45, 7) is 6.19. The molecule has 1 saturated carbocycles. The van der Waals surface area contributed by atoms with Crippen LogP contribution in [0, 0.1) is 5.82 Å². The maximum absolute atomic E-state index is 15.0. The van der Waals surface area contributed by atoms with E-state index in [9.17, 15) is 14.7 Å². The largest absolute Gasteiger partial charge is 0.477 e. The number of pyridine rings is 1. The molecule has 1 aliphatic carbocycles. The SMILES string of the molecule is CCN1CCN(c2c(F)cc3c(=O)c(C(=O)O)cn(C4CC4)c3c2Br)CC1. The summed E-state index contributed by atoms with van der Waals surface area (Å²) in [5, 5.41) is 9.48. The molecule has 1 saturated heterocycles. The van der Waals surface area contributed by atoms with E-state index in [0.29, 0.717) is 28.8 Å². The van der Waals surface area contributed by atoms with Gasteiger partial charge in [0, 0.05) is 38.4 Å². The molecule has 4 rings (SSSR count). The molecule has 0 amide bonds. The molecule has 1 N–H and O–H groups in total. The van der Waals surface area contributed by atoms with E-state index in [4.69, 9.17) is 0 Å². The first-order chi connectivity index (χ1) is 12.9. The molecule has 0 spiro atoms. The highest BCUT2D eigenvalue weighted by molar-refractivity contribution is 9.10. The molecular weight excluding hydrogens is 417 g/mol. The molecule has 8 heteroatoms. The third-order valence-electron chi connectivity index (χ3n) is 5.49. The third kappa shape index (κ3) is 3.14. The Morgan fingerprint density at radius 2 is 1.96 bits per heavy atom. The molecule has 1 aromatic carbocycles. The lowest BCUT2D eigenvalue weighted by Crippen LogP contribution is -2.46. The number of carboxylic acid groups (broad SMARTS) is 1. The van der Waals surface area contributed by atoms with E-state index in [2.05, 4.69) is 27.8 Å². The quantitative estimate of drug-likeness (QED) is 0.795. The maximum atomic E-state index is 15.0. The summed E-state index contributed by atoms with van der Waals surface area (Å²) < 4.78 is 17.4. The number of piperazine rings is 1. The Morgan fingerprint density at radius 1 is 1.30 bits per heavy atom. The molecule has 2 fully saturated rings. The van der Waals surface area contributed by atoms with Crippen LogP contribution >= 0.6 is 15.9 Å². The minimum Gasteiger partial charge on any atom is -0.477 e. The van der Waals surface area contributed by atoms with Crippen LogP contribution in [0.25, 0.3) is 10.9 Å². The monoisotopic (exact) mass is 437 g/mol. The number of carbonyl (C=O) groups is 1. The number of halogens is 2. The van der Waals surface area contributed by atoms with Gasteiger partial charge in [-0.15, -0.1) is 0 Å². The molecule has 2 aliphatic rings. The van der Waals surface area contributed by atoms with Crippen molar-refractivity contribution in [3.63, 3.8) is 0 Å². The standard InChI is InChI=1S/C19H21BrFN3O3/c1-2-22-5-7-23(8-6-22)17-14(21)9-12-16(15(17)20)24(11-3-4-11)10-13(18(12)25)19(26)27/h9-11H,2-8H2,1H3,(H,26,27). The average Bonchev–Trinajstić information content (AvgIpc) is 3.48. The molecule has 1 aliphatic heterocycles. The summed E-state index contributed by atoms with van der Waals surface area (Å²) in [7, 11) is 0. The second-order valence-corrected chi connectivity index (χ2v) is 7.95. The molecule has 27 heavy (non-hydrogen) atoms. The van der Waals surface area contributed by atoms with Gasteiger partial charge in [0.1, 0.15) is 11.4 Å². The Balaban J connectivity index is 1.91. The fourth-order valence-electron chi connectivity index (χ4n) is 3.80.